The first-order valence-electron chi connectivity index (χ1n) is 10.8. The Balaban J connectivity index is 1.50. The predicted octanol–water partition coefficient (Wildman–Crippen LogP) is 3.52. The van der Waals surface area contributed by atoms with E-state index in [1.807, 2.05) is 25.6 Å². The number of ether oxygens (including phenoxy) is 2. The van der Waals surface area contributed by atoms with Crippen LogP contribution in [-0.2, 0) is 14.3 Å². The third kappa shape index (κ3) is 2.89. The summed E-state index contributed by atoms with van der Waals surface area (Å²) in [6.45, 7) is 2.93. The van der Waals surface area contributed by atoms with E-state index in [9.17, 15) is 4.79 Å². The molecule has 1 unspecified atom stereocenters. The molecule has 1 aromatic heterocycles. The van der Waals surface area contributed by atoms with E-state index in [0.717, 1.165) is 37.0 Å². The van der Waals surface area contributed by atoms with Crippen LogP contribution < -0.4 is 5.73 Å². The van der Waals surface area contributed by atoms with Crippen molar-refractivity contribution in [2.45, 2.75) is 57.2 Å². The number of hydrogen-bond acceptors (Lipinski definition) is 5. The van der Waals surface area contributed by atoms with Gasteiger partial charge in [0.1, 0.15) is 11.9 Å². The lowest BCUT2D eigenvalue weighted by molar-refractivity contribution is -0.117. The topological polar surface area (TPSA) is 74.4 Å². The van der Waals surface area contributed by atoms with Crippen molar-refractivity contribution in [1.29, 1.82) is 0 Å². The van der Waals surface area contributed by atoms with Crippen molar-refractivity contribution in [2.24, 2.45) is 23.0 Å². The Bertz CT molecular complexity index is 877. The molecule has 29 heavy (non-hydrogen) atoms. The normalized spacial score (nSPS) is 38.7. The van der Waals surface area contributed by atoms with Gasteiger partial charge in [0.05, 0.1) is 11.7 Å². The van der Waals surface area contributed by atoms with E-state index in [1.165, 1.54) is 11.1 Å². The van der Waals surface area contributed by atoms with Gasteiger partial charge in [0.2, 0.25) is 0 Å². The zero-order valence-corrected chi connectivity index (χ0v) is 17.3. The molecular weight excluding hydrogens is 364 g/mol. The molecule has 2 N–H and O–H groups in total. The van der Waals surface area contributed by atoms with Gasteiger partial charge in [-0.05, 0) is 60.4 Å². The number of Topliss-reactive ketones (excluding diaryl/α,β-unsaturated/α-hetero) is 1. The molecule has 5 rings (SSSR count). The summed E-state index contributed by atoms with van der Waals surface area (Å²) >= 11 is 0. The quantitative estimate of drug-likeness (QED) is 0.849. The van der Waals surface area contributed by atoms with Gasteiger partial charge in [0.15, 0.2) is 5.78 Å². The molecule has 2 saturated carbocycles. The highest BCUT2D eigenvalue weighted by atomic mass is 16.5. The molecule has 0 bridgehead atoms. The fourth-order valence-electron chi connectivity index (χ4n) is 6.39. The number of rotatable bonds is 3. The van der Waals surface area contributed by atoms with Crippen LogP contribution in [0.25, 0.3) is 0 Å². The van der Waals surface area contributed by atoms with Crippen LogP contribution in [0.5, 0.6) is 0 Å². The van der Waals surface area contributed by atoms with Crippen LogP contribution in [-0.4, -0.2) is 36.6 Å². The number of methoxy groups -OCH3 is 1. The van der Waals surface area contributed by atoms with Crippen LogP contribution in [0.2, 0.25) is 0 Å². The maximum absolute atomic E-state index is 12.6. The Morgan fingerprint density at radius 3 is 2.97 bits per heavy atom. The molecule has 154 valence electrons. The van der Waals surface area contributed by atoms with Crippen LogP contribution in [0, 0.1) is 17.3 Å². The molecule has 0 amide bonds. The van der Waals surface area contributed by atoms with Gasteiger partial charge >= 0.3 is 0 Å². The summed E-state index contributed by atoms with van der Waals surface area (Å²) in [6.07, 6.45) is 10.5. The molecule has 0 spiro atoms. The molecule has 0 saturated heterocycles. The molecular formula is C24H30N2O3. The van der Waals surface area contributed by atoms with Gasteiger partial charge in [-0.25, -0.2) is 0 Å². The Labute approximate surface area is 172 Å². The van der Waals surface area contributed by atoms with E-state index >= 15 is 0 Å². The third-order valence-electron chi connectivity index (χ3n) is 7.93. The third-order valence-corrected chi connectivity index (χ3v) is 7.93. The number of ketones is 1. The van der Waals surface area contributed by atoms with Crippen LogP contribution in [0.1, 0.15) is 50.5 Å². The largest absolute Gasteiger partial charge is 0.489 e. The Morgan fingerprint density at radius 1 is 1.38 bits per heavy atom. The number of nitrogens with zero attached hydrogens (tertiary/aromatic N) is 1. The zero-order valence-electron chi connectivity index (χ0n) is 17.3. The minimum absolute atomic E-state index is 0.0381. The summed E-state index contributed by atoms with van der Waals surface area (Å²) in [6, 6.07) is 4.19. The lowest BCUT2D eigenvalue weighted by Crippen LogP contribution is -2.44. The number of aromatic nitrogens is 1. The summed E-state index contributed by atoms with van der Waals surface area (Å²) in [5.74, 6) is 1.92. The molecule has 5 heteroatoms. The van der Waals surface area contributed by atoms with E-state index in [4.69, 9.17) is 15.2 Å². The maximum Gasteiger partial charge on any atom is 0.166 e. The first kappa shape index (κ1) is 19.0. The Morgan fingerprint density at radius 2 is 2.24 bits per heavy atom. The minimum Gasteiger partial charge on any atom is -0.489 e. The number of allylic oxidation sites excluding steroid dienone is 3. The average molecular weight is 395 g/mol. The van der Waals surface area contributed by atoms with Gasteiger partial charge in [-0.2, -0.15) is 0 Å². The van der Waals surface area contributed by atoms with Crippen LogP contribution in [0.4, 0.5) is 0 Å². The first-order chi connectivity index (χ1) is 14.0. The summed E-state index contributed by atoms with van der Waals surface area (Å²) in [5.41, 5.74) is 9.29. The van der Waals surface area contributed by atoms with Gasteiger partial charge in [0.25, 0.3) is 0 Å². The summed E-state index contributed by atoms with van der Waals surface area (Å²) in [4.78, 5) is 17.0. The smallest absolute Gasteiger partial charge is 0.166 e. The number of hydrogen-bond donors (Lipinski definition) is 1. The predicted molar refractivity (Wildman–Crippen MR) is 110 cm³/mol. The lowest BCUT2D eigenvalue weighted by Gasteiger charge is -2.48. The van der Waals surface area contributed by atoms with Crippen molar-refractivity contribution >= 4 is 5.78 Å². The van der Waals surface area contributed by atoms with E-state index in [1.54, 1.807) is 0 Å². The average Bonchev–Trinajstić information content (AvgIpc) is 3.06. The number of fused-ring (bicyclic) bond motifs is 3. The second-order valence-corrected chi connectivity index (χ2v) is 9.41. The fraction of sp³-hybridized carbons (Fsp3) is 0.583. The number of pyridine rings is 1. The van der Waals surface area contributed by atoms with Crippen LogP contribution in [0.15, 0.2) is 47.5 Å². The molecule has 2 heterocycles. The minimum atomic E-state index is 0.0381. The van der Waals surface area contributed by atoms with Crippen molar-refractivity contribution in [1.82, 2.24) is 4.98 Å². The first-order valence-corrected chi connectivity index (χ1v) is 10.8. The molecule has 1 aromatic rings. The van der Waals surface area contributed by atoms with Gasteiger partial charge in [-0.1, -0.05) is 13.0 Å². The molecule has 4 aliphatic rings. The number of nitrogens with two attached hydrogens (primary N) is 1. The van der Waals surface area contributed by atoms with Crippen molar-refractivity contribution in [3.05, 3.63) is 53.1 Å². The molecule has 0 aromatic carbocycles. The van der Waals surface area contributed by atoms with Gasteiger partial charge in [-0.15, -0.1) is 0 Å². The fourth-order valence-corrected chi connectivity index (χ4v) is 6.39. The molecule has 1 aliphatic heterocycles. The van der Waals surface area contributed by atoms with E-state index in [-0.39, 0.29) is 29.3 Å². The standard InChI is InChI=1S/C24H30N2O3/c1-24-6-5-15-10-17-19(27)8-14(12-25)9-20(17)29-23(15)18(24)11-21(28-2)22(24)16-4-3-7-26-13-16/h3-4,7,10,13-14,18,21-23H,5-6,8-9,11-12,25H2,1-2H3/t14?,18-,21+,22-,23+,24-/m0/s1. The van der Waals surface area contributed by atoms with Crippen LogP contribution in [0.3, 0.4) is 0 Å². The highest BCUT2D eigenvalue weighted by molar-refractivity contribution is 6.00. The second kappa shape index (κ2) is 7.06. The van der Waals surface area contributed by atoms with Crippen molar-refractivity contribution in [3.63, 3.8) is 0 Å². The molecule has 3 aliphatic carbocycles. The van der Waals surface area contributed by atoms with Crippen molar-refractivity contribution < 1.29 is 14.3 Å². The number of carbonyl (C=O) groups excluding carboxylic acids is 1. The molecule has 2 fully saturated rings. The highest BCUT2D eigenvalue weighted by Gasteiger charge is 2.59. The summed E-state index contributed by atoms with van der Waals surface area (Å²) in [7, 11) is 1.82. The van der Waals surface area contributed by atoms with Crippen molar-refractivity contribution in [2.75, 3.05) is 13.7 Å². The van der Waals surface area contributed by atoms with E-state index < -0.39 is 0 Å². The summed E-state index contributed by atoms with van der Waals surface area (Å²) < 4.78 is 12.6. The maximum atomic E-state index is 12.6. The van der Waals surface area contributed by atoms with E-state index in [2.05, 4.69) is 24.1 Å². The van der Waals surface area contributed by atoms with E-state index in [0.29, 0.717) is 24.8 Å². The van der Waals surface area contributed by atoms with Gasteiger partial charge in [-0.3, -0.25) is 9.78 Å². The second-order valence-electron chi connectivity index (χ2n) is 9.41. The SMILES string of the molecule is CO[C@@H]1C[C@H]2[C@@H]3OC4=C(C=C3CC[C@]2(C)[C@H]1c1cccnc1)C(=O)CC(CN)C4. The Kier molecular flexibility index (Phi) is 4.63. The highest BCUT2D eigenvalue weighted by Crippen LogP contribution is 2.62. The molecule has 5 nitrogen and oxygen atoms in total. The lowest BCUT2D eigenvalue weighted by atomic mass is 9.61. The molecule has 0 radical (unpaired) electrons. The Hall–Kier alpha value is -1.98. The molecule has 6 atom stereocenters. The monoisotopic (exact) mass is 394 g/mol. The van der Waals surface area contributed by atoms with Gasteiger partial charge < -0.3 is 15.2 Å². The van der Waals surface area contributed by atoms with Crippen molar-refractivity contribution in [3.8, 4) is 0 Å². The van der Waals surface area contributed by atoms with Gasteiger partial charge in [0, 0.05) is 44.2 Å². The zero-order chi connectivity index (χ0) is 20.2. The number of carbonyl (C=O) groups is 1. The summed E-state index contributed by atoms with van der Waals surface area (Å²) in [5, 5.41) is 0. The van der Waals surface area contributed by atoms with Crippen LogP contribution >= 0.6 is 0 Å².